The Balaban J connectivity index is 1.96. The molecule has 1 aromatic heterocycles. The number of H-pyrrole nitrogens is 1. The number of fused-ring (bicyclic) bond motifs is 2. The van der Waals surface area contributed by atoms with Gasteiger partial charge in [0, 0.05) is 12.6 Å². The van der Waals surface area contributed by atoms with Crippen molar-refractivity contribution in [1.29, 1.82) is 0 Å². The van der Waals surface area contributed by atoms with Crippen LogP contribution in [0.15, 0.2) is 27.8 Å². The van der Waals surface area contributed by atoms with E-state index in [1.807, 2.05) is 14.1 Å². The molecule has 9 nitrogen and oxygen atoms in total. The number of nitrogens with zero attached hydrogens (tertiary/aromatic N) is 2. The molecule has 30 heavy (non-hydrogen) atoms. The summed E-state index contributed by atoms with van der Waals surface area (Å²) in [4.78, 5) is 46.4. The molecule has 3 aromatic rings. The van der Waals surface area contributed by atoms with Gasteiger partial charge in [-0.15, -0.1) is 0 Å². The molecule has 0 saturated heterocycles. The minimum absolute atomic E-state index is 0.0241. The van der Waals surface area contributed by atoms with Gasteiger partial charge in [0.05, 0.1) is 22.6 Å². The van der Waals surface area contributed by atoms with Crippen LogP contribution >= 0.6 is 0 Å². The Kier molecular flexibility index (Phi) is 6.31. The molecule has 1 amide bonds. The van der Waals surface area contributed by atoms with Crippen LogP contribution in [0, 0.1) is 0 Å². The van der Waals surface area contributed by atoms with Crippen LogP contribution in [0.2, 0.25) is 0 Å². The number of hydrogen-bond acceptors (Lipinski definition) is 7. The maximum Gasteiger partial charge on any atom is 0.253 e. The maximum absolute atomic E-state index is 12.7. The number of aromatic amines is 1. The van der Waals surface area contributed by atoms with Crippen LogP contribution in [0.4, 0.5) is 0 Å². The van der Waals surface area contributed by atoms with E-state index in [0.717, 1.165) is 31.9 Å². The van der Waals surface area contributed by atoms with E-state index in [-0.39, 0.29) is 38.8 Å². The van der Waals surface area contributed by atoms with Gasteiger partial charge in [-0.05, 0) is 45.6 Å². The van der Waals surface area contributed by atoms with E-state index >= 15 is 0 Å². The number of aliphatic hydroxyl groups is 1. The van der Waals surface area contributed by atoms with E-state index in [4.69, 9.17) is 0 Å². The normalized spacial score (nSPS) is 12.2. The molecule has 4 N–H and O–H groups in total. The van der Waals surface area contributed by atoms with E-state index in [9.17, 15) is 24.6 Å². The number of rotatable bonds is 7. The largest absolute Gasteiger partial charge is 0.515 e. The van der Waals surface area contributed by atoms with Gasteiger partial charge in [0.15, 0.2) is 0 Å². The predicted octanol–water partition coefficient (Wildman–Crippen LogP) is 0.619. The molecule has 0 aliphatic heterocycles. The molecule has 0 aliphatic rings. The first-order valence-electron chi connectivity index (χ1n) is 9.63. The SMILES string of the molecule is CN(C)CCCCCNC(=O)c1ccc(=O)c2nc3c(=CO)c(O)cc(=O)c3[nH]c12. The van der Waals surface area contributed by atoms with Gasteiger partial charge in [0.25, 0.3) is 5.91 Å². The molecule has 9 heteroatoms. The summed E-state index contributed by atoms with van der Waals surface area (Å²) < 4.78 is 0. The van der Waals surface area contributed by atoms with E-state index in [2.05, 4.69) is 20.2 Å². The molecule has 0 bridgehead atoms. The van der Waals surface area contributed by atoms with E-state index in [1.165, 1.54) is 12.1 Å². The summed E-state index contributed by atoms with van der Waals surface area (Å²) in [5, 5.41) is 22.0. The van der Waals surface area contributed by atoms with Crippen LogP contribution in [0.3, 0.4) is 0 Å². The molecular weight excluding hydrogens is 388 g/mol. The maximum atomic E-state index is 12.7. The second kappa shape index (κ2) is 8.91. The Labute approximate surface area is 171 Å². The van der Waals surface area contributed by atoms with Gasteiger partial charge in [-0.1, -0.05) is 6.42 Å². The summed E-state index contributed by atoms with van der Waals surface area (Å²) in [5.41, 5.74) is -0.848. The Morgan fingerprint density at radius 1 is 1.13 bits per heavy atom. The number of carbonyl (C=O) groups excluding carboxylic acids is 1. The highest BCUT2D eigenvalue weighted by molar-refractivity contribution is 6.06. The second-order valence-electron chi connectivity index (χ2n) is 7.35. The lowest BCUT2D eigenvalue weighted by molar-refractivity contribution is 0.0954. The van der Waals surface area contributed by atoms with Crippen molar-refractivity contribution < 1.29 is 15.0 Å². The highest BCUT2D eigenvalue weighted by atomic mass is 16.3. The summed E-state index contributed by atoms with van der Waals surface area (Å²) in [7, 11) is 4.02. The molecule has 0 unspecified atom stereocenters. The smallest absolute Gasteiger partial charge is 0.253 e. The quantitative estimate of drug-likeness (QED) is 0.330. The number of phenolic OH excluding ortho intramolecular Hbond substituents is 1. The molecule has 1 heterocycles. The third kappa shape index (κ3) is 4.25. The highest BCUT2D eigenvalue weighted by Crippen LogP contribution is 2.15. The van der Waals surface area contributed by atoms with E-state index in [0.29, 0.717) is 12.8 Å². The summed E-state index contributed by atoms with van der Waals surface area (Å²) in [6.45, 7) is 1.47. The van der Waals surface area contributed by atoms with Crippen molar-refractivity contribution in [2.24, 2.45) is 0 Å². The molecule has 0 spiro atoms. The predicted molar refractivity (Wildman–Crippen MR) is 115 cm³/mol. The number of aliphatic hydroxyl groups excluding tert-OH is 1. The number of carbonyl (C=O) groups is 1. The van der Waals surface area contributed by atoms with Gasteiger partial charge in [-0.3, -0.25) is 14.4 Å². The van der Waals surface area contributed by atoms with Crippen molar-refractivity contribution in [2.45, 2.75) is 19.3 Å². The Hall–Kier alpha value is -3.46. The minimum atomic E-state index is -0.578. The number of aromatic nitrogens is 2. The first-order valence-corrected chi connectivity index (χ1v) is 9.63. The van der Waals surface area contributed by atoms with Crippen molar-refractivity contribution in [3.8, 4) is 5.75 Å². The monoisotopic (exact) mass is 412 g/mol. The van der Waals surface area contributed by atoms with Crippen LogP contribution in [0.1, 0.15) is 29.6 Å². The average molecular weight is 412 g/mol. The van der Waals surface area contributed by atoms with E-state index in [1.54, 1.807) is 0 Å². The number of nitrogens with one attached hydrogen (secondary N) is 2. The molecule has 2 aromatic carbocycles. The van der Waals surface area contributed by atoms with E-state index < -0.39 is 16.6 Å². The van der Waals surface area contributed by atoms with Crippen molar-refractivity contribution in [3.05, 3.63) is 49.4 Å². The lowest BCUT2D eigenvalue weighted by Gasteiger charge is -2.10. The van der Waals surface area contributed by atoms with Gasteiger partial charge in [-0.25, -0.2) is 4.98 Å². The summed E-state index contributed by atoms with van der Waals surface area (Å²) in [6, 6.07) is 3.55. The Morgan fingerprint density at radius 2 is 1.90 bits per heavy atom. The van der Waals surface area contributed by atoms with Crippen molar-refractivity contribution in [1.82, 2.24) is 20.2 Å². The molecule has 0 aliphatic carbocycles. The van der Waals surface area contributed by atoms with Crippen LogP contribution in [-0.2, 0) is 0 Å². The molecule has 0 atom stereocenters. The van der Waals surface area contributed by atoms with Crippen LogP contribution in [0.25, 0.3) is 28.3 Å². The average Bonchev–Trinajstić information content (AvgIpc) is 2.70. The lowest BCUT2D eigenvalue weighted by atomic mass is 10.1. The number of unbranched alkanes of at least 4 members (excludes halogenated alkanes) is 2. The molecule has 0 saturated carbocycles. The second-order valence-corrected chi connectivity index (χ2v) is 7.35. The zero-order valence-electron chi connectivity index (χ0n) is 16.9. The molecule has 158 valence electrons. The number of amides is 1. The fourth-order valence-corrected chi connectivity index (χ4v) is 3.27. The third-order valence-electron chi connectivity index (χ3n) is 4.84. The zero-order valence-corrected chi connectivity index (χ0v) is 16.9. The van der Waals surface area contributed by atoms with Gasteiger partial charge in [0.2, 0.25) is 10.9 Å². The number of aromatic hydroxyl groups is 1. The number of benzene rings is 2. The molecule has 3 rings (SSSR count). The van der Waals surface area contributed by atoms with Crippen molar-refractivity contribution in [2.75, 3.05) is 27.2 Å². The van der Waals surface area contributed by atoms with Gasteiger partial charge in [-0.2, -0.15) is 0 Å². The highest BCUT2D eigenvalue weighted by Gasteiger charge is 2.16. The van der Waals surface area contributed by atoms with Gasteiger partial charge in [0.1, 0.15) is 22.3 Å². The summed E-state index contributed by atoms with van der Waals surface area (Å²) >= 11 is 0. The summed E-state index contributed by atoms with van der Waals surface area (Å²) in [5.74, 6) is -0.837. The third-order valence-corrected chi connectivity index (χ3v) is 4.84. The molecule has 0 fully saturated rings. The van der Waals surface area contributed by atoms with Crippen molar-refractivity contribution in [3.63, 3.8) is 0 Å². The minimum Gasteiger partial charge on any atom is -0.515 e. The lowest BCUT2D eigenvalue weighted by Crippen LogP contribution is -2.26. The first kappa shape index (κ1) is 21.3. The van der Waals surface area contributed by atoms with Gasteiger partial charge < -0.3 is 25.4 Å². The van der Waals surface area contributed by atoms with Crippen LogP contribution < -0.4 is 21.4 Å². The standard InChI is InChI=1S/C21H24N4O5/c1-25(2)9-5-3-4-8-22-21(30)12-6-7-14(27)19-17(12)23-20-16(29)10-15(28)13(11-26)18(20)24-19/h6-7,10-11,23,26,28H,3-5,8-9H2,1-2H3,(H,22,30). The first-order chi connectivity index (χ1) is 14.3. The number of phenols is 1. The molecule has 0 radical (unpaired) electrons. The fourth-order valence-electron chi connectivity index (χ4n) is 3.27. The number of hydrogen-bond donors (Lipinski definition) is 4. The Bertz CT molecular complexity index is 1270. The van der Waals surface area contributed by atoms with Crippen LogP contribution in [0.5, 0.6) is 5.75 Å². The van der Waals surface area contributed by atoms with Gasteiger partial charge >= 0.3 is 0 Å². The van der Waals surface area contributed by atoms with Crippen molar-refractivity contribution >= 4 is 34.2 Å². The van der Waals surface area contributed by atoms with Crippen LogP contribution in [-0.4, -0.2) is 58.2 Å². The summed E-state index contributed by atoms with van der Waals surface area (Å²) in [6.07, 6.45) is 3.44. The zero-order chi connectivity index (χ0) is 21.8. The molecular formula is C21H24N4O5. The fraction of sp³-hybridized carbons (Fsp3) is 0.333. The Morgan fingerprint density at radius 3 is 2.60 bits per heavy atom. The topological polar surface area (TPSA) is 136 Å².